The largest absolute Gasteiger partial charge is 0.463 e. The summed E-state index contributed by atoms with van der Waals surface area (Å²) in [6, 6.07) is 5.11. The molecule has 2 aromatic heterocycles. The molecule has 0 unspecified atom stereocenters. The van der Waals surface area contributed by atoms with Gasteiger partial charge < -0.3 is 25.1 Å². The van der Waals surface area contributed by atoms with Crippen molar-refractivity contribution in [2.75, 3.05) is 12.3 Å². The van der Waals surface area contributed by atoms with Crippen molar-refractivity contribution >= 4 is 23.3 Å². The van der Waals surface area contributed by atoms with Gasteiger partial charge in [-0.15, -0.1) is 0 Å². The molecule has 3 rings (SSSR count). The number of nitrogens with zero attached hydrogens (tertiary/aromatic N) is 4. The van der Waals surface area contributed by atoms with Gasteiger partial charge in [-0.1, -0.05) is 13.8 Å². The van der Waals surface area contributed by atoms with E-state index in [4.69, 9.17) is 19.9 Å². The van der Waals surface area contributed by atoms with Crippen LogP contribution in [0.2, 0.25) is 0 Å². The minimum atomic E-state index is -1.97. The summed E-state index contributed by atoms with van der Waals surface area (Å²) in [4.78, 5) is 28.5. The van der Waals surface area contributed by atoms with E-state index < -0.39 is 47.2 Å². The summed E-state index contributed by atoms with van der Waals surface area (Å²) in [5.41, 5.74) is 3.62. The predicted molar refractivity (Wildman–Crippen MR) is 111 cm³/mol. The number of nitrogens with two attached hydrogens (primary N) is 1. The lowest BCUT2D eigenvalue weighted by molar-refractivity contribution is -0.168. The van der Waals surface area contributed by atoms with Gasteiger partial charge in [-0.05, 0) is 32.9 Å². The normalized spacial score (nSPS) is 25.6. The van der Waals surface area contributed by atoms with E-state index in [2.05, 4.69) is 10.1 Å². The van der Waals surface area contributed by atoms with Gasteiger partial charge in [0.15, 0.2) is 11.9 Å². The molecule has 1 aliphatic rings. The summed E-state index contributed by atoms with van der Waals surface area (Å²) in [5, 5.41) is 25.4. The number of aliphatic hydroxyl groups excluding tert-OH is 1. The minimum absolute atomic E-state index is 0.171. The Morgan fingerprint density at radius 1 is 1.41 bits per heavy atom. The fourth-order valence-corrected chi connectivity index (χ4v) is 3.31. The Hall–Kier alpha value is -3.23. The molecule has 1 saturated heterocycles. The first-order valence-electron chi connectivity index (χ1n) is 10.2. The van der Waals surface area contributed by atoms with Crippen molar-refractivity contribution in [3.63, 3.8) is 0 Å². The third-order valence-electron chi connectivity index (χ3n) is 5.18. The van der Waals surface area contributed by atoms with Gasteiger partial charge >= 0.3 is 11.9 Å². The highest BCUT2D eigenvalue weighted by atomic mass is 16.6. The van der Waals surface area contributed by atoms with Crippen LogP contribution in [-0.4, -0.2) is 56.6 Å². The quantitative estimate of drug-likeness (QED) is 0.633. The Morgan fingerprint density at radius 3 is 2.69 bits per heavy atom. The molecule has 0 bridgehead atoms. The van der Waals surface area contributed by atoms with Crippen LogP contribution in [-0.2, 0) is 29.4 Å². The molecule has 1 fully saturated rings. The molecule has 4 atom stereocenters. The van der Waals surface area contributed by atoms with E-state index in [1.54, 1.807) is 40.7 Å². The summed E-state index contributed by atoms with van der Waals surface area (Å²) in [6.07, 6.45) is -2.76. The van der Waals surface area contributed by atoms with E-state index in [0.717, 1.165) is 0 Å². The van der Waals surface area contributed by atoms with Crippen molar-refractivity contribution in [2.45, 2.75) is 58.5 Å². The number of hydrogen-bond donors (Lipinski definition) is 2. The summed E-state index contributed by atoms with van der Waals surface area (Å²) in [7, 11) is 0. The zero-order valence-electron chi connectivity index (χ0n) is 18.6. The first kappa shape index (κ1) is 23.4. The molecule has 0 saturated carbocycles. The van der Waals surface area contributed by atoms with Gasteiger partial charge in [-0.2, -0.15) is 10.4 Å². The molecule has 3 heterocycles. The minimum Gasteiger partial charge on any atom is -0.463 e. The van der Waals surface area contributed by atoms with Crippen molar-refractivity contribution in [3.05, 3.63) is 24.2 Å². The zero-order chi connectivity index (χ0) is 23.8. The van der Waals surface area contributed by atoms with E-state index in [-0.39, 0.29) is 18.1 Å². The summed E-state index contributed by atoms with van der Waals surface area (Å²) >= 11 is 0. The second-order valence-electron chi connectivity index (χ2n) is 9.01. The number of anilines is 1. The van der Waals surface area contributed by atoms with Crippen molar-refractivity contribution < 1.29 is 28.9 Å². The van der Waals surface area contributed by atoms with Crippen LogP contribution < -0.4 is 5.73 Å². The number of nitriles is 1. The van der Waals surface area contributed by atoms with Crippen molar-refractivity contribution in [2.24, 2.45) is 11.3 Å². The van der Waals surface area contributed by atoms with Crippen LogP contribution in [0.4, 0.5) is 5.82 Å². The maximum absolute atomic E-state index is 12.6. The fourth-order valence-electron chi connectivity index (χ4n) is 3.31. The molecule has 0 radical (unpaired) electrons. The van der Waals surface area contributed by atoms with Crippen LogP contribution >= 0.6 is 0 Å². The molecule has 32 heavy (non-hydrogen) atoms. The maximum atomic E-state index is 12.6. The summed E-state index contributed by atoms with van der Waals surface area (Å²) in [6.45, 7) is 7.98. The number of aliphatic hydroxyl groups is 1. The maximum Gasteiger partial charge on any atom is 0.311 e. The molecule has 1 aliphatic heterocycles. The lowest BCUT2D eigenvalue weighted by Gasteiger charge is -2.26. The van der Waals surface area contributed by atoms with Gasteiger partial charge in [0.2, 0.25) is 5.60 Å². The van der Waals surface area contributed by atoms with Crippen molar-refractivity contribution in [1.82, 2.24) is 14.6 Å². The molecule has 0 aromatic carbocycles. The summed E-state index contributed by atoms with van der Waals surface area (Å²) < 4.78 is 18.1. The molecule has 0 aliphatic carbocycles. The number of esters is 2. The molecular weight excluding hydrogens is 418 g/mol. The Bertz CT molecular complexity index is 1070. The fraction of sp³-hybridized carbons (Fsp3) is 0.571. The molecule has 0 amide bonds. The van der Waals surface area contributed by atoms with Gasteiger partial charge in [0, 0.05) is 0 Å². The van der Waals surface area contributed by atoms with E-state index in [0.29, 0.717) is 5.52 Å². The Balaban J connectivity index is 2.03. The SMILES string of the molecule is CC(C)C(=O)OC[C@H]1O[C@@](C#N)(c2ccc3c(N)ncnn23)[C@H](O)[C@@H]1OC(=O)C(C)(C)C. The highest BCUT2D eigenvalue weighted by Gasteiger charge is 2.60. The highest BCUT2D eigenvalue weighted by Crippen LogP contribution is 2.42. The number of nitrogen functional groups attached to an aromatic ring is 1. The van der Waals surface area contributed by atoms with Crippen molar-refractivity contribution in [1.29, 1.82) is 5.26 Å². The number of carbonyl (C=O) groups excluding carboxylic acids is 2. The van der Waals surface area contributed by atoms with Crippen LogP contribution in [0.15, 0.2) is 18.5 Å². The number of aromatic nitrogens is 3. The number of hydrogen-bond acceptors (Lipinski definition) is 10. The number of fused-ring (bicyclic) bond motifs is 1. The second-order valence-corrected chi connectivity index (χ2v) is 9.01. The first-order valence-corrected chi connectivity index (χ1v) is 10.2. The molecular formula is C21H27N5O6. The monoisotopic (exact) mass is 445 g/mol. The van der Waals surface area contributed by atoms with E-state index >= 15 is 0 Å². The number of rotatable bonds is 5. The molecule has 172 valence electrons. The summed E-state index contributed by atoms with van der Waals surface area (Å²) in [5.74, 6) is -1.32. The molecule has 11 heteroatoms. The molecule has 2 aromatic rings. The lowest BCUT2D eigenvalue weighted by Crippen LogP contribution is -2.44. The number of ether oxygens (including phenoxy) is 3. The average Bonchev–Trinajstić information content (AvgIpc) is 3.27. The lowest BCUT2D eigenvalue weighted by atomic mass is 9.92. The van der Waals surface area contributed by atoms with Gasteiger partial charge in [0.25, 0.3) is 0 Å². The van der Waals surface area contributed by atoms with Crippen LogP contribution in [0.25, 0.3) is 5.52 Å². The van der Waals surface area contributed by atoms with Crippen LogP contribution in [0.3, 0.4) is 0 Å². The Kier molecular flexibility index (Phi) is 6.13. The van der Waals surface area contributed by atoms with Gasteiger partial charge in [-0.3, -0.25) is 9.59 Å². The van der Waals surface area contributed by atoms with Gasteiger partial charge in [0.05, 0.1) is 17.0 Å². The third kappa shape index (κ3) is 3.99. The Morgan fingerprint density at radius 2 is 2.09 bits per heavy atom. The van der Waals surface area contributed by atoms with Crippen LogP contribution in [0.5, 0.6) is 0 Å². The highest BCUT2D eigenvalue weighted by molar-refractivity contribution is 5.75. The topological polar surface area (TPSA) is 162 Å². The van der Waals surface area contributed by atoms with E-state index in [1.807, 2.05) is 6.07 Å². The standard InChI is InChI=1S/C21H27N5O6/c1-11(2)18(28)30-8-13-15(31-19(29)20(3,4)5)16(27)21(9-22,32-13)14-7-6-12-17(23)24-10-25-26(12)14/h6-7,10-11,13,15-16,27H,8H2,1-5H3,(H2,23,24,25)/t13-,15-,16-,21+/m1/s1. The molecule has 0 spiro atoms. The van der Waals surface area contributed by atoms with Crippen molar-refractivity contribution in [3.8, 4) is 6.07 Å². The van der Waals surface area contributed by atoms with Gasteiger partial charge in [0.1, 0.15) is 36.7 Å². The second kappa shape index (κ2) is 8.37. The first-order chi connectivity index (χ1) is 14.9. The van der Waals surface area contributed by atoms with Crippen LogP contribution in [0, 0.1) is 22.7 Å². The Labute approximate surface area is 185 Å². The van der Waals surface area contributed by atoms with Gasteiger partial charge in [-0.25, -0.2) is 9.50 Å². The molecule has 3 N–H and O–H groups in total. The van der Waals surface area contributed by atoms with Crippen LogP contribution in [0.1, 0.15) is 40.3 Å². The zero-order valence-corrected chi connectivity index (χ0v) is 18.6. The van der Waals surface area contributed by atoms with E-state index in [1.165, 1.54) is 16.9 Å². The third-order valence-corrected chi connectivity index (χ3v) is 5.18. The molecule has 11 nitrogen and oxygen atoms in total. The van der Waals surface area contributed by atoms with E-state index in [9.17, 15) is 20.0 Å². The predicted octanol–water partition coefficient (Wildman–Crippen LogP) is 0.947. The number of carbonyl (C=O) groups is 2. The smallest absolute Gasteiger partial charge is 0.311 e. The average molecular weight is 445 g/mol.